The Kier molecular flexibility index (Phi) is 9.19. The molecule has 0 bridgehead atoms. The lowest BCUT2D eigenvalue weighted by atomic mass is 9.85. The minimum Gasteiger partial charge on any atom is -0.479 e. The highest BCUT2D eigenvalue weighted by atomic mass is 16.5. The quantitative estimate of drug-likeness (QED) is 0.315. The predicted molar refractivity (Wildman–Crippen MR) is 76.4 cm³/mol. The topological polar surface area (TPSA) is 145 Å². The summed E-state index contributed by atoms with van der Waals surface area (Å²) in [6, 6.07) is 0. The van der Waals surface area contributed by atoms with E-state index < -0.39 is 35.9 Å². The summed E-state index contributed by atoms with van der Waals surface area (Å²) in [5, 5.41) is 47.4. The molecule has 4 atom stereocenters. The molecule has 0 heterocycles. The highest BCUT2D eigenvalue weighted by Gasteiger charge is 2.51. The van der Waals surface area contributed by atoms with Crippen molar-refractivity contribution in [1.82, 2.24) is 0 Å². The van der Waals surface area contributed by atoms with Crippen LogP contribution in [0, 0.1) is 0 Å². The van der Waals surface area contributed by atoms with Gasteiger partial charge in [0.2, 0.25) is 0 Å². The van der Waals surface area contributed by atoms with Crippen molar-refractivity contribution in [2.24, 2.45) is 0 Å². The van der Waals surface area contributed by atoms with Crippen molar-refractivity contribution in [2.45, 2.75) is 69.9 Å². The van der Waals surface area contributed by atoms with Gasteiger partial charge in [0.15, 0.2) is 11.7 Å². The molecular weight excluding hydrogens is 296 g/mol. The van der Waals surface area contributed by atoms with Gasteiger partial charge in [-0.3, -0.25) is 0 Å². The van der Waals surface area contributed by atoms with Gasteiger partial charge in [0.1, 0.15) is 12.2 Å². The highest BCUT2D eigenvalue weighted by molar-refractivity contribution is 5.79. The van der Waals surface area contributed by atoms with Crippen molar-refractivity contribution in [2.75, 3.05) is 6.61 Å². The maximum atomic E-state index is 11.6. The zero-order chi connectivity index (χ0) is 17.3. The number of carboxylic acids is 2. The Morgan fingerprint density at radius 3 is 2.00 bits per heavy atom. The van der Waals surface area contributed by atoms with Gasteiger partial charge in [-0.05, 0) is 12.8 Å². The molecule has 0 aromatic rings. The second-order valence-corrected chi connectivity index (χ2v) is 5.22. The summed E-state index contributed by atoms with van der Waals surface area (Å²) in [7, 11) is 0. The van der Waals surface area contributed by atoms with Gasteiger partial charge in [0, 0.05) is 6.61 Å². The van der Waals surface area contributed by atoms with E-state index in [0.717, 1.165) is 6.42 Å². The number of carbonyl (C=O) groups is 2. The SMILES string of the molecule is CCCCO[C@@](CCCC)(C(=O)O)[C@@H](O)[C@H](O)[C@H](O)C(=O)O. The van der Waals surface area contributed by atoms with Crippen molar-refractivity contribution >= 4 is 11.9 Å². The first-order chi connectivity index (χ1) is 10.2. The van der Waals surface area contributed by atoms with Gasteiger partial charge in [-0.15, -0.1) is 0 Å². The van der Waals surface area contributed by atoms with E-state index in [0.29, 0.717) is 19.3 Å². The predicted octanol–water partition coefficient (Wildman–Crippen LogP) is -0.0160. The highest BCUT2D eigenvalue weighted by Crippen LogP contribution is 2.28. The third-order valence-electron chi connectivity index (χ3n) is 3.50. The van der Waals surface area contributed by atoms with Gasteiger partial charge in [0.05, 0.1) is 0 Å². The largest absolute Gasteiger partial charge is 0.479 e. The zero-order valence-electron chi connectivity index (χ0n) is 12.9. The van der Waals surface area contributed by atoms with E-state index in [1.807, 2.05) is 13.8 Å². The average Bonchev–Trinajstić information content (AvgIpc) is 2.48. The number of aliphatic carboxylic acids is 2. The molecule has 5 N–H and O–H groups in total. The summed E-state index contributed by atoms with van der Waals surface area (Å²) in [5.74, 6) is -3.25. The van der Waals surface area contributed by atoms with Crippen LogP contribution in [0.3, 0.4) is 0 Å². The third-order valence-corrected chi connectivity index (χ3v) is 3.50. The lowest BCUT2D eigenvalue weighted by Gasteiger charge is -2.37. The number of rotatable bonds is 12. The maximum absolute atomic E-state index is 11.6. The van der Waals surface area contributed by atoms with Crippen LogP contribution in [0.4, 0.5) is 0 Å². The Morgan fingerprint density at radius 2 is 1.59 bits per heavy atom. The molecule has 22 heavy (non-hydrogen) atoms. The van der Waals surface area contributed by atoms with E-state index in [9.17, 15) is 30.0 Å². The number of aliphatic hydroxyl groups excluding tert-OH is 3. The van der Waals surface area contributed by atoms with Gasteiger partial charge in [-0.25, -0.2) is 9.59 Å². The molecule has 0 saturated carbocycles. The van der Waals surface area contributed by atoms with E-state index in [1.54, 1.807) is 0 Å². The Balaban J connectivity index is 5.39. The van der Waals surface area contributed by atoms with E-state index in [2.05, 4.69) is 0 Å². The van der Waals surface area contributed by atoms with Crippen LogP contribution in [0.5, 0.6) is 0 Å². The number of hydrogen-bond acceptors (Lipinski definition) is 6. The average molecular weight is 322 g/mol. The van der Waals surface area contributed by atoms with Gasteiger partial charge in [0.25, 0.3) is 0 Å². The van der Waals surface area contributed by atoms with Crippen LogP contribution in [-0.4, -0.2) is 68.0 Å². The molecule has 0 aromatic heterocycles. The Morgan fingerprint density at radius 1 is 1.05 bits per heavy atom. The third kappa shape index (κ3) is 5.20. The van der Waals surface area contributed by atoms with Gasteiger partial charge < -0.3 is 30.3 Å². The molecule has 8 nitrogen and oxygen atoms in total. The molecule has 0 fully saturated rings. The second-order valence-electron chi connectivity index (χ2n) is 5.22. The van der Waals surface area contributed by atoms with Crippen molar-refractivity contribution in [1.29, 1.82) is 0 Å². The van der Waals surface area contributed by atoms with Crippen molar-refractivity contribution in [3.05, 3.63) is 0 Å². The number of hydrogen-bond donors (Lipinski definition) is 5. The van der Waals surface area contributed by atoms with Gasteiger partial charge in [-0.2, -0.15) is 0 Å². The summed E-state index contributed by atoms with van der Waals surface area (Å²) >= 11 is 0. The zero-order valence-corrected chi connectivity index (χ0v) is 12.9. The molecule has 0 amide bonds. The van der Waals surface area contributed by atoms with Crippen LogP contribution >= 0.6 is 0 Å². The van der Waals surface area contributed by atoms with E-state index in [1.165, 1.54) is 0 Å². The normalized spacial score (nSPS) is 18.2. The van der Waals surface area contributed by atoms with Crippen LogP contribution in [-0.2, 0) is 14.3 Å². The Bertz CT molecular complexity index is 359. The summed E-state index contributed by atoms with van der Waals surface area (Å²) < 4.78 is 5.33. The van der Waals surface area contributed by atoms with Crippen LogP contribution in [0.15, 0.2) is 0 Å². The number of ether oxygens (including phenoxy) is 1. The lowest BCUT2D eigenvalue weighted by molar-refractivity contribution is -0.208. The van der Waals surface area contributed by atoms with Crippen molar-refractivity contribution in [3.8, 4) is 0 Å². The molecule has 130 valence electrons. The number of carboxylic acid groups (broad SMARTS) is 2. The fourth-order valence-corrected chi connectivity index (χ4v) is 2.03. The minimum atomic E-state index is -2.30. The molecule has 0 spiro atoms. The molecule has 0 saturated heterocycles. The van der Waals surface area contributed by atoms with Crippen molar-refractivity contribution < 1.29 is 39.9 Å². The summed E-state index contributed by atoms with van der Waals surface area (Å²) in [4.78, 5) is 22.3. The molecule has 0 unspecified atom stereocenters. The van der Waals surface area contributed by atoms with E-state index in [-0.39, 0.29) is 13.0 Å². The van der Waals surface area contributed by atoms with Crippen LogP contribution in [0.1, 0.15) is 46.0 Å². The fourth-order valence-electron chi connectivity index (χ4n) is 2.03. The molecule has 0 radical (unpaired) electrons. The van der Waals surface area contributed by atoms with Crippen molar-refractivity contribution in [3.63, 3.8) is 0 Å². The molecule has 0 aliphatic rings. The molecule has 0 rings (SSSR count). The maximum Gasteiger partial charge on any atom is 0.338 e. The minimum absolute atomic E-state index is 0.0411. The summed E-state index contributed by atoms with van der Waals surface area (Å²) in [5.41, 5.74) is -2.15. The molecule has 8 heteroatoms. The smallest absolute Gasteiger partial charge is 0.338 e. The first kappa shape index (κ1) is 20.8. The molecule has 0 aliphatic heterocycles. The molecule has 0 aliphatic carbocycles. The van der Waals surface area contributed by atoms with Crippen LogP contribution < -0.4 is 0 Å². The van der Waals surface area contributed by atoms with Gasteiger partial charge >= 0.3 is 11.9 Å². The van der Waals surface area contributed by atoms with E-state index in [4.69, 9.17) is 9.84 Å². The molecular formula is C14H26O8. The first-order valence-electron chi connectivity index (χ1n) is 7.38. The van der Waals surface area contributed by atoms with Crippen LogP contribution in [0.2, 0.25) is 0 Å². The summed E-state index contributed by atoms with van der Waals surface area (Å²) in [6.07, 6.45) is -4.35. The second kappa shape index (κ2) is 9.73. The summed E-state index contributed by atoms with van der Waals surface area (Å²) in [6.45, 7) is 3.73. The first-order valence-corrected chi connectivity index (χ1v) is 7.38. The van der Waals surface area contributed by atoms with Gasteiger partial charge in [-0.1, -0.05) is 33.1 Å². The monoisotopic (exact) mass is 322 g/mol. The Labute approximate surface area is 129 Å². The lowest BCUT2D eigenvalue weighted by Crippen LogP contribution is -2.60. The standard InChI is InChI=1S/C14H26O8/c1-3-5-7-14(13(20)21,22-8-6-4-2)11(17)9(15)10(16)12(18)19/h9-11,15-17H,3-8H2,1-2H3,(H,18,19)(H,20,21)/t9-,10+,11+,14-/m1/s1. The number of unbranched alkanes of at least 4 members (excludes halogenated alkanes) is 2. The number of aliphatic hydroxyl groups is 3. The fraction of sp³-hybridized carbons (Fsp3) is 0.857. The Hall–Kier alpha value is -1.22. The van der Waals surface area contributed by atoms with E-state index >= 15 is 0 Å². The van der Waals surface area contributed by atoms with Crippen LogP contribution in [0.25, 0.3) is 0 Å². The molecule has 0 aromatic carbocycles.